The van der Waals surface area contributed by atoms with Gasteiger partial charge < -0.3 is 39.0 Å². The molecule has 0 spiro atoms. The Morgan fingerprint density at radius 3 is 2.04 bits per heavy atom. The fraction of sp³-hybridized carbons (Fsp3) is 0.676. The summed E-state index contributed by atoms with van der Waals surface area (Å²) < 4.78 is 22.8. The van der Waals surface area contributed by atoms with Gasteiger partial charge in [0.25, 0.3) is 0 Å². The Kier molecular flexibility index (Phi) is 8.89. The van der Waals surface area contributed by atoms with Crippen LogP contribution in [0.3, 0.4) is 0 Å². The molecule has 0 aromatic heterocycles. The molecule has 6 atom stereocenters. The van der Waals surface area contributed by atoms with E-state index in [0.29, 0.717) is 37.8 Å². The van der Waals surface area contributed by atoms with Crippen LogP contribution in [0.15, 0.2) is 34.9 Å². The fourth-order valence-electron chi connectivity index (χ4n) is 7.48. The highest BCUT2D eigenvalue weighted by atomic mass is 16.6. The molecular weight excluding hydrogens is 612 g/mol. The molecule has 0 saturated carbocycles. The molecule has 2 N–H and O–H groups in total. The van der Waals surface area contributed by atoms with Gasteiger partial charge in [-0.25, -0.2) is 14.4 Å². The summed E-state index contributed by atoms with van der Waals surface area (Å²) in [5.74, 6) is -1.99. The van der Waals surface area contributed by atoms with Crippen molar-refractivity contribution in [2.24, 2.45) is 0 Å². The average molecular weight is 659 g/mol. The fourth-order valence-corrected chi connectivity index (χ4v) is 7.48. The van der Waals surface area contributed by atoms with Crippen LogP contribution in [0.2, 0.25) is 0 Å². The summed E-state index contributed by atoms with van der Waals surface area (Å²) in [5, 5.41) is 23.2. The zero-order valence-corrected chi connectivity index (χ0v) is 28.2. The Balaban J connectivity index is 1.54. The predicted octanol–water partition coefficient (Wildman–Crippen LogP) is 3.26. The second-order valence-corrected chi connectivity index (χ2v) is 15.1. The van der Waals surface area contributed by atoms with E-state index >= 15 is 0 Å². The van der Waals surface area contributed by atoms with E-state index in [-0.39, 0.29) is 24.1 Å². The lowest BCUT2D eigenvalue weighted by atomic mass is 9.72. The molecule has 0 radical (unpaired) electrons. The summed E-state index contributed by atoms with van der Waals surface area (Å²) in [7, 11) is 0. The summed E-state index contributed by atoms with van der Waals surface area (Å²) in [6.45, 7) is 12.3. The van der Waals surface area contributed by atoms with E-state index in [1.807, 2.05) is 0 Å². The van der Waals surface area contributed by atoms with Crippen LogP contribution in [0.4, 0.5) is 9.59 Å². The number of likely N-dealkylation sites (tertiary alicyclic amines) is 2. The molecule has 5 aliphatic rings. The molecule has 13 nitrogen and oxygen atoms in total. The van der Waals surface area contributed by atoms with Crippen molar-refractivity contribution in [1.82, 2.24) is 9.80 Å². The van der Waals surface area contributed by atoms with Gasteiger partial charge in [-0.1, -0.05) is 6.08 Å². The SMILES string of the molecule is CC(=O)O[C@H]1C=CC2=C(C3=C[C@H](O)[C@](O)([C@H]4CCCN4C(=O)OC(C)(C)C)CC3=O)C(=O)O[C@@]2([C@H]2CCCN2C(=O)OC(C)(C)C)C1. The van der Waals surface area contributed by atoms with Crippen LogP contribution < -0.4 is 0 Å². The van der Waals surface area contributed by atoms with Gasteiger partial charge in [-0.05, 0) is 79.4 Å². The normalized spacial score (nSPS) is 32.7. The number of aliphatic hydroxyl groups is 2. The zero-order valence-electron chi connectivity index (χ0n) is 28.2. The number of Topliss-reactive ketones (excluding diaryl/α,β-unsaturated/α-hetero) is 1. The Morgan fingerprint density at radius 2 is 1.49 bits per heavy atom. The number of aliphatic hydroxyl groups excluding tert-OH is 1. The highest BCUT2D eigenvalue weighted by Gasteiger charge is 2.61. The van der Waals surface area contributed by atoms with E-state index in [1.54, 1.807) is 53.7 Å². The first-order valence-corrected chi connectivity index (χ1v) is 16.2. The summed E-state index contributed by atoms with van der Waals surface area (Å²) in [6, 6.07) is -1.60. The average Bonchev–Trinajstić information content (AvgIpc) is 3.66. The molecular formula is C34H46N2O11. The van der Waals surface area contributed by atoms with Crippen LogP contribution in [0.5, 0.6) is 0 Å². The minimum atomic E-state index is -2.03. The number of esters is 2. The molecule has 2 aliphatic carbocycles. The third kappa shape index (κ3) is 6.56. The Bertz CT molecular complexity index is 1450. The molecule has 3 aliphatic heterocycles. The monoisotopic (exact) mass is 658 g/mol. The van der Waals surface area contributed by atoms with E-state index < -0.39 is 83.0 Å². The van der Waals surface area contributed by atoms with Gasteiger partial charge in [-0.15, -0.1) is 0 Å². The number of hydrogen-bond donors (Lipinski definition) is 2. The summed E-state index contributed by atoms with van der Waals surface area (Å²) in [5.41, 5.74) is -4.96. The van der Waals surface area contributed by atoms with Crippen LogP contribution in [-0.2, 0) is 33.3 Å². The minimum absolute atomic E-state index is 0.00149. The summed E-state index contributed by atoms with van der Waals surface area (Å²) in [6.07, 6.45) is 2.04. The van der Waals surface area contributed by atoms with Crippen LogP contribution in [-0.4, -0.2) is 110 Å². The Hall–Kier alpha value is -3.71. The van der Waals surface area contributed by atoms with Gasteiger partial charge in [0, 0.05) is 44.0 Å². The second kappa shape index (κ2) is 12.1. The predicted molar refractivity (Wildman–Crippen MR) is 166 cm³/mol. The van der Waals surface area contributed by atoms with E-state index in [2.05, 4.69) is 0 Å². The molecule has 2 saturated heterocycles. The molecule has 0 aromatic carbocycles. The molecule has 5 rings (SSSR count). The molecule has 258 valence electrons. The van der Waals surface area contributed by atoms with Crippen molar-refractivity contribution < 1.29 is 53.1 Å². The van der Waals surface area contributed by atoms with Crippen LogP contribution in [0.25, 0.3) is 0 Å². The highest BCUT2D eigenvalue weighted by molar-refractivity contribution is 6.13. The highest BCUT2D eigenvalue weighted by Crippen LogP contribution is 2.51. The maximum atomic E-state index is 13.9. The number of nitrogens with zero attached hydrogens (tertiary/aromatic N) is 2. The molecule has 0 bridgehead atoms. The van der Waals surface area contributed by atoms with Crippen molar-refractivity contribution in [2.75, 3.05) is 13.1 Å². The van der Waals surface area contributed by atoms with Gasteiger partial charge in [0.1, 0.15) is 29.0 Å². The standard InChI is InChI=1S/C34H46N2O11/c1-19(37)44-20-12-13-22-27(28(40)45-34(22,17-20)25-11-9-15-36(25)30(42)47-32(5,6)7)21-16-26(39)33(43,18-23(21)38)24-10-8-14-35(24)29(41)46-31(2,3)4/h12-13,16,20,24-26,39,43H,8-11,14-15,17-18H2,1-7H3/t20-,24+,25+,26-,33+,34-/m0/s1. The maximum Gasteiger partial charge on any atom is 0.410 e. The van der Waals surface area contributed by atoms with Crippen molar-refractivity contribution >= 4 is 29.9 Å². The van der Waals surface area contributed by atoms with E-state index in [4.69, 9.17) is 18.9 Å². The molecule has 0 aromatic rings. The number of carbonyl (C=O) groups is 5. The number of amides is 2. The number of carbonyl (C=O) groups excluding carboxylic acids is 5. The van der Waals surface area contributed by atoms with Gasteiger partial charge in [-0.3, -0.25) is 9.59 Å². The Labute approximate surface area is 274 Å². The van der Waals surface area contributed by atoms with Crippen molar-refractivity contribution in [3.63, 3.8) is 0 Å². The number of rotatable bonds is 4. The molecule has 0 unspecified atom stereocenters. The van der Waals surface area contributed by atoms with E-state index in [0.717, 1.165) is 6.08 Å². The first-order valence-electron chi connectivity index (χ1n) is 16.2. The lowest BCUT2D eigenvalue weighted by Crippen LogP contribution is -2.60. The minimum Gasteiger partial charge on any atom is -0.458 e. The number of ketones is 1. The third-order valence-corrected chi connectivity index (χ3v) is 9.23. The van der Waals surface area contributed by atoms with Gasteiger partial charge >= 0.3 is 24.1 Å². The first-order chi connectivity index (χ1) is 21.8. The molecule has 13 heteroatoms. The maximum absolute atomic E-state index is 13.9. The summed E-state index contributed by atoms with van der Waals surface area (Å²) in [4.78, 5) is 68.8. The molecule has 47 heavy (non-hydrogen) atoms. The van der Waals surface area contributed by atoms with Gasteiger partial charge in [0.2, 0.25) is 0 Å². The van der Waals surface area contributed by atoms with Gasteiger partial charge in [-0.2, -0.15) is 0 Å². The number of hydrogen-bond acceptors (Lipinski definition) is 11. The van der Waals surface area contributed by atoms with Gasteiger partial charge in [0.05, 0.1) is 17.7 Å². The third-order valence-electron chi connectivity index (χ3n) is 9.23. The summed E-state index contributed by atoms with van der Waals surface area (Å²) >= 11 is 0. The van der Waals surface area contributed by atoms with E-state index in [1.165, 1.54) is 16.7 Å². The van der Waals surface area contributed by atoms with Crippen molar-refractivity contribution in [2.45, 2.75) is 134 Å². The number of fused-ring (bicyclic) bond motifs is 1. The van der Waals surface area contributed by atoms with Crippen LogP contribution in [0, 0.1) is 0 Å². The van der Waals surface area contributed by atoms with E-state index in [9.17, 15) is 34.2 Å². The van der Waals surface area contributed by atoms with Crippen molar-refractivity contribution in [1.29, 1.82) is 0 Å². The van der Waals surface area contributed by atoms with Gasteiger partial charge in [0.15, 0.2) is 11.4 Å². The van der Waals surface area contributed by atoms with Crippen molar-refractivity contribution in [3.8, 4) is 0 Å². The lowest BCUT2D eigenvalue weighted by molar-refractivity contribution is -0.158. The Morgan fingerprint density at radius 1 is 0.936 bits per heavy atom. The molecule has 3 heterocycles. The topological polar surface area (TPSA) is 169 Å². The molecule has 2 fully saturated rings. The lowest BCUT2D eigenvalue weighted by Gasteiger charge is -2.43. The zero-order chi connectivity index (χ0) is 34.7. The number of ether oxygens (including phenoxy) is 4. The quantitative estimate of drug-likeness (QED) is 0.336. The largest absolute Gasteiger partial charge is 0.458 e. The first kappa shape index (κ1) is 34.6. The second-order valence-electron chi connectivity index (χ2n) is 15.1. The van der Waals surface area contributed by atoms with Crippen LogP contribution >= 0.6 is 0 Å². The smallest absolute Gasteiger partial charge is 0.410 e. The van der Waals surface area contributed by atoms with Crippen molar-refractivity contribution in [3.05, 3.63) is 34.9 Å². The van der Waals surface area contributed by atoms with Crippen LogP contribution in [0.1, 0.15) is 87.0 Å². The molecule has 2 amide bonds.